The van der Waals surface area contributed by atoms with Gasteiger partial charge < -0.3 is 14.7 Å². The van der Waals surface area contributed by atoms with Gasteiger partial charge in [0.2, 0.25) is 0 Å². The molecule has 1 atom stereocenters. The topological polar surface area (TPSA) is 49.8 Å². The monoisotopic (exact) mass is 215 g/mol. The van der Waals surface area contributed by atoms with E-state index in [1.807, 2.05) is 7.05 Å². The maximum absolute atomic E-state index is 11.1. The number of methoxy groups -OCH3 is 1. The molecule has 0 amide bonds. The van der Waals surface area contributed by atoms with E-state index in [0.717, 1.165) is 12.8 Å². The zero-order valence-electron chi connectivity index (χ0n) is 9.61. The molecule has 0 aromatic rings. The third-order valence-electron chi connectivity index (χ3n) is 2.99. The van der Waals surface area contributed by atoms with E-state index in [1.165, 1.54) is 0 Å². The van der Waals surface area contributed by atoms with Gasteiger partial charge in [-0.25, -0.2) is 0 Å². The summed E-state index contributed by atoms with van der Waals surface area (Å²) in [5.74, 6) is 0.372. The van der Waals surface area contributed by atoms with E-state index >= 15 is 0 Å². The third kappa shape index (κ3) is 4.28. The van der Waals surface area contributed by atoms with Crippen molar-refractivity contribution in [1.29, 1.82) is 0 Å². The lowest BCUT2D eigenvalue weighted by Gasteiger charge is -2.31. The van der Waals surface area contributed by atoms with E-state index in [-0.39, 0.29) is 0 Å². The molecule has 4 nitrogen and oxygen atoms in total. The van der Waals surface area contributed by atoms with Gasteiger partial charge in [-0.1, -0.05) is 0 Å². The number of aliphatic hydroxyl groups excluding tert-OH is 1. The summed E-state index contributed by atoms with van der Waals surface area (Å²) in [6, 6.07) is 0.439. The van der Waals surface area contributed by atoms with Gasteiger partial charge in [-0.3, -0.25) is 4.79 Å². The summed E-state index contributed by atoms with van der Waals surface area (Å²) in [6.45, 7) is 0.989. The van der Waals surface area contributed by atoms with Crippen molar-refractivity contribution in [2.75, 3.05) is 27.3 Å². The molecule has 0 aromatic carbocycles. The maximum atomic E-state index is 11.1. The normalized spacial score (nSPS) is 20.9. The first-order chi connectivity index (χ1) is 7.13. The summed E-state index contributed by atoms with van der Waals surface area (Å²) < 4.78 is 4.88. The van der Waals surface area contributed by atoms with Gasteiger partial charge >= 0.3 is 0 Å². The van der Waals surface area contributed by atoms with Crippen LogP contribution in [0.2, 0.25) is 0 Å². The van der Waals surface area contributed by atoms with Crippen molar-refractivity contribution >= 4 is 5.78 Å². The largest absolute Gasteiger partial charge is 0.389 e. The second-order valence-electron chi connectivity index (χ2n) is 4.32. The number of ether oxygens (including phenoxy) is 1. The fourth-order valence-corrected chi connectivity index (χ4v) is 2.09. The van der Waals surface area contributed by atoms with Crippen LogP contribution in [0.3, 0.4) is 0 Å². The average Bonchev–Trinajstić information content (AvgIpc) is 2.18. The molecule has 88 valence electrons. The predicted octanol–water partition coefficient (Wildman–Crippen LogP) is 0.437. The highest BCUT2D eigenvalue weighted by Crippen LogP contribution is 2.19. The third-order valence-corrected chi connectivity index (χ3v) is 2.99. The van der Waals surface area contributed by atoms with Crippen LogP contribution in [0.15, 0.2) is 0 Å². The number of ketones is 1. The molecule has 15 heavy (non-hydrogen) atoms. The molecule has 0 aliphatic heterocycles. The predicted molar refractivity (Wildman–Crippen MR) is 57.8 cm³/mol. The number of Topliss-reactive ketones (excluding diaryl/α,β-unsaturated/α-hetero) is 1. The number of aliphatic hydroxyl groups is 1. The second-order valence-corrected chi connectivity index (χ2v) is 4.32. The van der Waals surface area contributed by atoms with Crippen LogP contribution < -0.4 is 0 Å². The van der Waals surface area contributed by atoms with Crippen molar-refractivity contribution in [2.24, 2.45) is 0 Å². The van der Waals surface area contributed by atoms with E-state index < -0.39 is 6.10 Å². The van der Waals surface area contributed by atoms with Gasteiger partial charge in [0.1, 0.15) is 5.78 Å². The quantitative estimate of drug-likeness (QED) is 0.723. The van der Waals surface area contributed by atoms with E-state index in [0.29, 0.717) is 37.8 Å². The Labute approximate surface area is 91.2 Å². The molecule has 1 fully saturated rings. The van der Waals surface area contributed by atoms with E-state index in [2.05, 4.69) is 4.90 Å². The van der Waals surface area contributed by atoms with Crippen molar-refractivity contribution in [3.63, 3.8) is 0 Å². The Bertz CT molecular complexity index is 198. The first-order valence-electron chi connectivity index (χ1n) is 5.52. The van der Waals surface area contributed by atoms with Crippen LogP contribution in [0.5, 0.6) is 0 Å². The van der Waals surface area contributed by atoms with Crippen molar-refractivity contribution in [3.05, 3.63) is 0 Å². The Morgan fingerprint density at radius 2 is 2.13 bits per heavy atom. The van der Waals surface area contributed by atoms with Crippen LogP contribution in [0, 0.1) is 0 Å². The van der Waals surface area contributed by atoms with Crippen LogP contribution in [0.4, 0.5) is 0 Å². The van der Waals surface area contributed by atoms with E-state index in [4.69, 9.17) is 4.74 Å². The van der Waals surface area contributed by atoms with Gasteiger partial charge in [-0.2, -0.15) is 0 Å². The molecule has 0 aromatic heterocycles. The van der Waals surface area contributed by atoms with Crippen LogP contribution in [-0.2, 0) is 9.53 Å². The molecule has 0 spiro atoms. The Hall–Kier alpha value is -0.450. The minimum atomic E-state index is -0.433. The molecule has 1 aliphatic carbocycles. The lowest BCUT2D eigenvalue weighted by atomic mass is 9.93. The lowest BCUT2D eigenvalue weighted by molar-refractivity contribution is -0.121. The van der Waals surface area contributed by atoms with Gasteiger partial charge in [0.15, 0.2) is 0 Å². The summed E-state index contributed by atoms with van der Waals surface area (Å²) >= 11 is 0. The number of rotatable bonds is 5. The summed E-state index contributed by atoms with van der Waals surface area (Å²) in [5.41, 5.74) is 0. The van der Waals surface area contributed by atoms with Crippen LogP contribution in [0.25, 0.3) is 0 Å². The fourth-order valence-electron chi connectivity index (χ4n) is 2.09. The summed E-state index contributed by atoms with van der Waals surface area (Å²) in [5, 5.41) is 9.57. The van der Waals surface area contributed by atoms with Crippen molar-refractivity contribution in [3.8, 4) is 0 Å². The fraction of sp³-hybridized carbons (Fsp3) is 0.909. The van der Waals surface area contributed by atoms with Gasteiger partial charge in [-0.05, 0) is 19.9 Å². The number of likely N-dealkylation sites (N-methyl/N-ethyl adjacent to an activating group) is 1. The molecule has 1 N–H and O–H groups in total. The number of carbonyl (C=O) groups excluding carboxylic acids is 1. The number of nitrogens with zero attached hydrogens (tertiary/aromatic N) is 1. The van der Waals surface area contributed by atoms with Gasteiger partial charge in [0.05, 0.1) is 12.7 Å². The highest BCUT2D eigenvalue weighted by Gasteiger charge is 2.23. The highest BCUT2D eigenvalue weighted by molar-refractivity contribution is 5.79. The molecule has 0 heterocycles. The minimum absolute atomic E-state index is 0.371. The molecule has 1 rings (SSSR count). The van der Waals surface area contributed by atoms with Gasteiger partial charge in [0, 0.05) is 32.5 Å². The standard InChI is InChI=1S/C11H21NO3/c1-12(7-11(14)8-15-2)9-3-5-10(13)6-4-9/h9,11,14H,3-8H2,1-2H3. The maximum Gasteiger partial charge on any atom is 0.133 e. The molecular weight excluding hydrogens is 194 g/mol. The molecular formula is C11H21NO3. The molecule has 0 bridgehead atoms. The van der Waals surface area contributed by atoms with Gasteiger partial charge in [-0.15, -0.1) is 0 Å². The lowest BCUT2D eigenvalue weighted by Crippen LogP contribution is -2.41. The van der Waals surface area contributed by atoms with E-state index in [1.54, 1.807) is 7.11 Å². The summed E-state index contributed by atoms with van der Waals surface area (Å²) in [7, 11) is 3.59. The van der Waals surface area contributed by atoms with Crippen LogP contribution in [0.1, 0.15) is 25.7 Å². The van der Waals surface area contributed by atoms with Crippen molar-refractivity contribution < 1.29 is 14.6 Å². The van der Waals surface area contributed by atoms with E-state index in [9.17, 15) is 9.90 Å². The first-order valence-corrected chi connectivity index (χ1v) is 5.52. The molecule has 1 unspecified atom stereocenters. The van der Waals surface area contributed by atoms with Crippen LogP contribution in [-0.4, -0.2) is 55.2 Å². The molecule has 1 saturated carbocycles. The Kier molecular flexibility index (Phi) is 5.22. The number of carbonyl (C=O) groups is 1. The zero-order chi connectivity index (χ0) is 11.3. The zero-order valence-corrected chi connectivity index (χ0v) is 9.61. The Morgan fingerprint density at radius 1 is 1.53 bits per heavy atom. The number of hydrogen-bond donors (Lipinski definition) is 1. The second kappa shape index (κ2) is 6.20. The molecule has 1 aliphatic rings. The number of hydrogen-bond acceptors (Lipinski definition) is 4. The Morgan fingerprint density at radius 3 is 2.67 bits per heavy atom. The van der Waals surface area contributed by atoms with Gasteiger partial charge in [0.25, 0.3) is 0 Å². The summed E-state index contributed by atoms with van der Waals surface area (Å²) in [6.07, 6.45) is 2.80. The summed E-state index contributed by atoms with van der Waals surface area (Å²) in [4.78, 5) is 13.2. The minimum Gasteiger partial charge on any atom is -0.389 e. The molecule has 4 heteroatoms. The highest BCUT2D eigenvalue weighted by atomic mass is 16.5. The Balaban J connectivity index is 2.27. The average molecular weight is 215 g/mol. The molecule has 0 radical (unpaired) electrons. The van der Waals surface area contributed by atoms with Crippen molar-refractivity contribution in [1.82, 2.24) is 4.90 Å². The smallest absolute Gasteiger partial charge is 0.133 e. The first kappa shape index (κ1) is 12.6. The molecule has 0 saturated heterocycles. The van der Waals surface area contributed by atoms with Crippen molar-refractivity contribution in [2.45, 2.75) is 37.8 Å². The SMILES string of the molecule is COCC(O)CN(C)C1CCC(=O)CC1. The van der Waals surface area contributed by atoms with Crippen LogP contribution >= 0.6 is 0 Å².